The molecular weight excluding hydrogens is 462 g/mol. The number of carbonyl (C=O) groups excluding carboxylic acids is 5. The number of piperidine rings is 1. The molecule has 2 heterocycles. The summed E-state index contributed by atoms with van der Waals surface area (Å²) in [5.74, 6) is -2.62. The van der Waals surface area contributed by atoms with Gasteiger partial charge in [0.25, 0.3) is 11.8 Å². The van der Waals surface area contributed by atoms with Gasteiger partial charge >= 0.3 is 0 Å². The van der Waals surface area contributed by atoms with Crippen LogP contribution < -0.4 is 16.0 Å². The Bertz CT molecular complexity index is 1050. The standard InChI is InChI=1S/C21H25N7O7/c22-27-25-6-8-35-10-9-34-7-5-23-18(30)12-24-13-1-2-14-15(11-13)21(33)28(20(14)32)16-3-4-17(29)26-19(16)31/h1-2,11,16,24H,3-10,12H2,(H,23,30)(H,26,29,31). The van der Waals surface area contributed by atoms with Crippen molar-refractivity contribution in [3.8, 4) is 0 Å². The lowest BCUT2D eigenvalue weighted by Crippen LogP contribution is -2.54. The molecule has 1 unspecified atom stereocenters. The topological polar surface area (TPSA) is 192 Å². The van der Waals surface area contributed by atoms with E-state index in [-0.39, 0.29) is 56.1 Å². The fraction of sp³-hybridized carbons (Fsp3) is 0.476. The summed E-state index contributed by atoms with van der Waals surface area (Å²) < 4.78 is 10.5. The molecule has 5 amide bonds. The molecule has 2 aliphatic rings. The van der Waals surface area contributed by atoms with Gasteiger partial charge in [-0.05, 0) is 30.2 Å². The molecule has 35 heavy (non-hydrogen) atoms. The molecule has 0 saturated carbocycles. The quantitative estimate of drug-likeness (QED) is 0.113. The summed E-state index contributed by atoms with van der Waals surface area (Å²) in [6.07, 6.45) is 0.124. The molecule has 3 N–H and O–H groups in total. The zero-order chi connectivity index (χ0) is 25.2. The highest BCUT2D eigenvalue weighted by Crippen LogP contribution is 2.29. The van der Waals surface area contributed by atoms with Gasteiger partial charge in [-0.3, -0.25) is 34.2 Å². The van der Waals surface area contributed by atoms with Gasteiger partial charge in [0, 0.05) is 30.1 Å². The molecule has 1 atom stereocenters. The minimum atomic E-state index is -1.03. The summed E-state index contributed by atoms with van der Waals surface area (Å²) >= 11 is 0. The lowest BCUT2D eigenvalue weighted by Gasteiger charge is -2.27. The molecule has 2 aliphatic heterocycles. The highest BCUT2D eigenvalue weighted by Gasteiger charge is 2.44. The van der Waals surface area contributed by atoms with Crippen molar-refractivity contribution >= 4 is 35.2 Å². The number of anilines is 1. The van der Waals surface area contributed by atoms with Gasteiger partial charge in [0.2, 0.25) is 17.7 Å². The molecule has 3 rings (SSSR count). The first-order valence-electron chi connectivity index (χ1n) is 10.9. The van der Waals surface area contributed by atoms with Crippen molar-refractivity contribution < 1.29 is 33.4 Å². The first kappa shape index (κ1) is 25.6. The van der Waals surface area contributed by atoms with Gasteiger partial charge in [0.05, 0.1) is 44.1 Å². The monoisotopic (exact) mass is 487 g/mol. The number of fused-ring (bicyclic) bond motifs is 1. The molecule has 0 spiro atoms. The molecule has 1 aromatic rings. The van der Waals surface area contributed by atoms with Crippen LogP contribution in [0.4, 0.5) is 5.69 Å². The number of azide groups is 1. The Kier molecular flexibility index (Phi) is 9.12. The van der Waals surface area contributed by atoms with Crippen LogP contribution in [0.5, 0.6) is 0 Å². The predicted molar refractivity (Wildman–Crippen MR) is 120 cm³/mol. The fourth-order valence-corrected chi connectivity index (χ4v) is 3.56. The zero-order valence-electron chi connectivity index (χ0n) is 18.8. The van der Waals surface area contributed by atoms with Crippen molar-refractivity contribution in [2.75, 3.05) is 51.4 Å². The smallest absolute Gasteiger partial charge is 0.262 e. The van der Waals surface area contributed by atoms with E-state index in [9.17, 15) is 24.0 Å². The van der Waals surface area contributed by atoms with E-state index < -0.39 is 29.7 Å². The number of benzene rings is 1. The van der Waals surface area contributed by atoms with Crippen molar-refractivity contribution in [2.24, 2.45) is 5.11 Å². The van der Waals surface area contributed by atoms with E-state index in [0.29, 0.717) is 25.5 Å². The van der Waals surface area contributed by atoms with Crippen molar-refractivity contribution in [3.05, 3.63) is 39.8 Å². The van der Waals surface area contributed by atoms with E-state index in [1.807, 2.05) is 0 Å². The van der Waals surface area contributed by atoms with Crippen LogP contribution >= 0.6 is 0 Å². The Labute approximate surface area is 199 Å². The van der Waals surface area contributed by atoms with Crippen LogP contribution in [-0.4, -0.2) is 86.5 Å². The van der Waals surface area contributed by atoms with Crippen LogP contribution in [0, 0.1) is 0 Å². The number of hydrogen-bond donors (Lipinski definition) is 3. The second-order valence-corrected chi connectivity index (χ2v) is 7.59. The third kappa shape index (κ3) is 6.76. The molecule has 1 saturated heterocycles. The van der Waals surface area contributed by atoms with Crippen molar-refractivity contribution in [2.45, 2.75) is 18.9 Å². The minimum absolute atomic E-state index is 0.0451. The van der Waals surface area contributed by atoms with Gasteiger partial charge < -0.3 is 20.1 Å². The Balaban J connectivity index is 1.40. The molecule has 14 nitrogen and oxygen atoms in total. The van der Waals surface area contributed by atoms with E-state index in [1.165, 1.54) is 12.1 Å². The fourth-order valence-electron chi connectivity index (χ4n) is 3.56. The van der Waals surface area contributed by atoms with E-state index in [1.54, 1.807) is 6.07 Å². The second kappa shape index (κ2) is 12.5. The molecule has 0 aliphatic carbocycles. The SMILES string of the molecule is [N-]=[N+]=NCCOCCOCCNC(=O)CNc1ccc2c(c1)C(=O)N(C1CCC(=O)NC1=O)C2=O. The maximum absolute atomic E-state index is 12.8. The lowest BCUT2D eigenvalue weighted by atomic mass is 10.0. The van der Waals surface area contributed by atoms with E-state index in [4.69, 9.17) is 15.0 Å². The maximum atomic E-state index is 12.8. The highest BCUT2D eigenvalue weighted by atomic mass is 16.5. The van der Waals surface area contributed by atoms with E-state index in [0.717, 1.165) is 4.90 Å². The molecule has 1 fully saturated rings. The van der Waals surface area contributed by atoms with E-state index >= 15 is 0 Å². The predicted octanol–water partition coefficient (Wildman–Crippen LogP) is -0.0406. The first-order chi connectivity index (χ1) is 16.9. The Hall–Kier alpha value is -4.00. The number of imide groups is 2. The van der Waals surface area contributed by atoms with Crippen molar-refractivity contribution in [3.63, 3.8) is 0 Å². The molecule has 0 radical (unpaired) electrons. The highest BCUT2D eigenvalue weighted by molar-refractivity contribution is 6.23. The van der Waals surface area contributed by atoms with Gasteiger partial charge in [-0.2, -0.15) is 0 Å². The van der Waals surface area contributed by atoms with Crippen LogP contribution in [0.3, 0.4) is 0 Å². The van der Waals surface area contributed by atoms with Crippen molar-refractivity contribution in [1.82, 2.24) is 15.5 Å². The van der Waals surface area contributed by atoms with Crippen LogP contribution in [0.2, 0.25) is 0 Å². The van der Waals surface area contributed by atoms with Gasteiger partial charge in [0.1, 0.15) is 6.04 Å². The lowest BCUT2D eigenvalue weighted by molar-refractivity contribution is -0.136. The Morgan fingerprint density at radius 2 is 1.86 bits per heavy atom. The summed E-state index contributed by atoms with van der Waals surface area (Å²) in [7, 11) is 0. The first-order valence-corrected chi connectivity index (χ1v) is 10.9. The third-order valence-electron chi connectivity index (χ3n) is 5.23. The number of nitrogens with zero attached hydrogens (tertiary/aromatic N) is 4. The van der Waals surface area contributed by atoms with Gasteiger partial charge in [-0.25, -0.2) is 0 Å². The number of ether oxygens (including phenoxy) is 2. The van der Waals surface area contributed by atoms with E-state index in [2.05, 4.69) is 26.0 Å². The van der Waals surface area contributed by atoms with Crippen LogP contribution in [-0.2, 0) is 23.9 Å². The zero-order valence-corrected chi connectivity index (χ0v) is 18.8. The summed E-state index contributed by atoms with van der Waals surface area (Å²) in [5.41, 5.74) is 8.87. The van der Waals surface area contributed by atoms with Crippen LogP contribution in [0.1, 0.15) is 33.6 Å². The van der Waals surface area contributed by atoms with Crippen molar-refractivity contribution in [1.29, 1.82) is 0 Å². The molecule has 0 aromatic heterocycles. The molecular formula is C21H25N7O7. The second-order valence-electron chi connectivity index (χ2n) is 7.59. The number of nitrogens with one attached hydrogen (secondary N) is 3. The average molecular weight is 487 g/mol. The van der Waals surface area contributed by atoms with Gasteiger partial charge in [0.15, 0.2) is 0 Å². The third-order valence-corrected chi connectivity index (χ3v) is 5.23. The summed E-state index contributed by atoms with van der Waals surface area (Å²) in [6.45, 7) is 1.76. The van der Waals surface area contributed by atoms with Crippen LogP contribution in [0.25, 0.3) is 10.4 Å². The Morgan fingerprint density at radius 1 is 1.11 bits per heavy atom. The molecule has 14 heteroatoms. The number of rotatable bonds is 13. The molecule has 186 valence electrons. The summed E-state index contributed by atoms with van der Waals surface area (Å²) in [6, 6.07) is 3.45. The number of carbonyl (C=O) groups is 5. The molecule has 1 aromatic carbocycles. The maximum Gasteiger partial charge on any atom is 0.262 e. The average Bonchev–Trinajstić information content (AvgIpc) is 3.08. The number of hydrogen-bond acceptors (Lipinski definition) is 9. The van der Waals surface area contributed by atoms with Crippen LogP contribution in [0.15, 0.2) is 23.3 Å². The van der Waals surface area contributed by atoms with Gasteiger partial charge in [-0.15, -0.1) is 0 Å². The Morgan fingerprint density at radius 3 is 2.60 bits per heavy atom. The normalized spacial score (nSPS) is 17.0. The summed E-state index contributed by atoms with van der Waals surface area (Å²) in [5, 5.41) is 11.0. The molecule has 0 bridgehead atoms. The largest absolute Gasteiger partial charge is 0.379 e. The minimum Gasteiger partial charge on any atom is -0.379 e. The summed E-state index contributed by atoms with van der Waals surface area (Å²) in [4.78, 5) is 64.5. The number of amides is 5. The van der Waals surface area contributed by atoms with Gasteiger partial charge in [-0.1, -0.05) is 5.11 Å².